The van der Waals surface area contributed by atoms with Gasteiger partial charge in [-0.3, -0.25) is 0 Å². The summed E-state index contributed by atoms with van der Waals surface area (Å²) in [6.45, 7) is 2.82. The van der Waals surface area contributed by atoms with E-state index in [-0.39, 0.29) is 11.7 Å². The second-order valence-electron chi connectivity index (χ2n) is 4.62. The second kappa shape index (κ2) is 4.34. The van der Waals surface area contributed by atoms with Gasteiger partial charge in [0.15, 0.2) is 11.5 Å². The number of hydrogen-bond acceptors (Lipinski definition) is 6. The molecule has 2 aromatic rings. The maximum absolute atomic E-state index is 11.0. The Hall–Kier alpha value is -2.45. The standard InChI is InChI=1S/C10H13N7O2/c1-5-3-11-10-12-6(9(18)19)4-17(10)7(5)2-8-13-15-16-14-8/h4-5,7H,2-3H2,1H3,(H,11,12)(H,18,19)(H,13,14,15,16). The second-order valence-corrected chi connectivity index (χ2v) is 4.62. The van der Waals surface area contributed by atoms with E-state index in [0.717, 1.165) is 6.54 Å². The van der Waals surface area contributed by atoms with Crippen LogP contribution in [-0.2, 0) is 6.42 Å². The number of nitrogens with zero attached hydrogens (tertiary/aromatic N) is 5. The predicted octanol–water partition coefficient (Wildman–Crippen LogP) is -0.0602. The van der Waals surface area contributed by atoms with Gasteiger partial charge < -0.3 is 15.0 Å². The van der Waals surface area contributed by atoms with Gasteiger partial charge in [-0.05, 0) is 5.92 Å². The van der Waals surface area contributed by atoms with Crippen molar-refractivity contribution in [2.24, 2.45) is 5.92 Å². The van der Waals surface area contributed by atoms with E-state index >= 15 is 0 Å². The molecule has 9 heteroatoms. The van der Waals surface area contributed by atoms with Crippen LogP contribution in [0.1, 0.15) is 29.3 Å². The first-order valence-electron chi connectivity index (χ1n) is 5.93. The van der Waals surface area contributed by atoms with Crippen LogP contribution in [-0.4, -0.2) is 47.8 Å². The van der Waals surface area contributed by atoms with Gasteiger partial charge in [-0.25, -0.2) is 9.78 Å². The topological polar surface area (TPSA) is 122 Å². The van der Waals surface area contributed by atoms with E-state index in [0.29, 0.717) is 24.1 Å². The number of aromatic carboxylic acids is 1. The van der Waals surface area contributed by atoms with Crippen LogP contribution in [0, 0.1) is 5.92 Å². The number of aromatic nitrogens is 6. The van der Waals surface area contributed by atoms with Gasteiger partial charge in [-0.1, -0.05) is 12.1 Å². The fraction of sp³-hybridized carbons (Fsp3) is 0.500. The summed E-state index contributed by atoms with van der Waals surface area (Å²) in [7, 11) is 0. The molecule has 1 aliphatic rings. The summed E-state index contributed by atoms with van der Waals surface area (Å²) in [5.41, 5.74) is 0.0368. The molecule has 3 rings (SSSR count). The summed E-state index contributed by atoms with van der Waals surface area (Å²) in [5, 5.41) is 26.0. The molecule has 1 aliphatic heterocycles. The molecule has 19 heavy (non-hydrogen) atoms. The lowest BCUT2D eigenvalue weighted by Gasteiger charge is -2.31. The van der Waals surface area contributed by atoms with Gasteiger partial charge in [0.25, 0.3) is 0 Å². The SMILES string of the molecule is CC1CNc2nc(C(=O)O)cn2C1Cc1nn[nH]n1. The summed E-state index contributed by atoms with van der Waals surface area (Å²) in [5.74, 6) is 0.454. The van der Waals surface area contributed by atoms with Gasteiger partial charge in [-0.2, -0.15) is 5.21 Å². The largest absolute Gasteiger partial charge is 0.476 e. The molecule has 0 saturated heterocycles. The Morgan fingerprint density at radius 1 is 1.63 bits per heavy atom. The zero-order chi connectivity index (χ0) is 13.4. The molecule has 0 spiro atoms. The Morgan fingerprint density at radius 3 is 3.16 bits per heavy atom. The van der Waals surface area contributed by atoms with E-state index in [1.54, 1.807) is 6.20 Å². The summed E-state index contributed by atoms with van der Waals surface area (Å²) < 4.78 is 1.84. The van der Waals surface area contributed by atoms with Crippen molar-refractivity contribution in [2.75, 3.05) is 11.9 Å². The highest BCUT2D eigenvalue weighted by Gasteiger charge is 2.29. The number of carboxylic acid groups (broad SMARTS) is 1. The van der Waals surface area contributed by atoms with Crippen LogP contribution in [0.25, 0.3) is 0 Å². The average molecular weight is 263 g/mol. The van der Waals surface area contributed by atoms with Crippen LogP contribution in [0.3, 0.4) is 0 Å². The van der Waals surface area contributed by atoms with Crippen molar-refractivity contribution >= 4 is 11.9 Å². The molecule has 2 atom stereocenters. The molecule has 2 aromatic heterocycles. The maximum atomic E-state index is 11.0. The number of nitrogens with one attached hydrogen (secondary N) is 2. The Labute approximate surface area is 108 Å². The quantitative estimate of drug-likeness (QED) is 0.709. The van der Waals surface area contributed by atoms with Crippen LogP contribution < -0.4 is 5.32 Å². The van der Waals surface area contributed by atoms with Crippen molar-refractivity contribution < 1.29 is 9.90 Å². The fourth-order valence-electron chi connectivity index (χ4n) is 2.30. The number of anilines is 1. The molecule has 0 amide bonds. The van der Waals surface area contributed by atoms with Crippen LogP contribution in [0.2, 0.25) is 0 Å². The van der Waals surface area contributed by atoms with Crippen LogP contribution in [0.15, 0.2) is 6.20 Å². The highest BCUT2D eigenvalue weighted by molar-refractivity contribution is 5.85. The number of carbonyl (C=O) groups is 1. The first-order valence-corrected chi connectivity index (χ1v) is 5.93. The first kappa shape index (κ1) is 11.6. The van der Waals surface area contributed by atoms with E-state index in [1.807, 2.05) is 4.57 Å². The average Bonchev–Trinajstić information content (AvgIpc) is 3.01. The van der Waals surface area contributed by atoms with Crippen molar-refractivity contribution in [1.82, 2.24) is 30.2 Å². The van der Waals surface area contributed by atoms with Crippen molar-refractivity contribution in [1.29, 1.82) is 0 Å². The van der Waals surface area contributed by atoms with Crippen molar-refractivity contribution in [3.63, 3.8) is 0 Å². The molecular weight excluding hydrogens is 250 g/mol. The van der Waals surface area contributed by atoms with Gasteiger partial charge in [0, 0.05) is 25.2 Å². The number of carboxylic acids is 1. The minimum absolute atomic E-state index is 0.0368. The lowest BCUT2D eigenvalue weighted by Crippen LogP contribution is -2.32. The number of tetrazole rings is 1. The third-order valence-electron chi connectivity index (χ3n) is 3.33. The normalized spacial score (nSPS) is 21.7. The molecule has 0 fully saturated rings. The molecular formula is C10H13N7O2. The molecule has 9 nitrogen and oxygen atoms in total. The molecule has 0 aliphatic carbocycles. The van der Waals surface area contributed by atoms with Crippen molar-refractivity contribution in [3.8, 4) is 0 Å². The highest BCUT2D eigenvalue weighted by atomic mass is 16.4. The number of hydrogen-bond donors (Lipinski definition) is 3. The van der Waals surface area contributed by atoms with E-state index in [4.69, 9.17) is 5.11 Å². The van der Waals surface area contributed by atoms with Gasteiger partial charge in [0.2, 0.25) is 5.95 Å². The van der Waals surface area contributed by atoms with Crippen molar-refractivity contribution in [2.45, 2.75) is 19.4 Å². The van der Waals surface area contributed by atoms with Gasteiger partial charge in [-0.15, -0.1) is 10.2 Å². The van der Waals surface area contributed by atoms with Crippen LogP contribution >= 0.6 is 0 Å². The fourth-order valence-corrected chi connectivity index (χ4v) is 2.30. The van der Waals surface area contributed by atoms with Gasteiger partial charge >= 0.3 is 5.97 Å². The minimum atomic E-state index is -1.03. The number of rotatable bonds is 3. The number of aromatic amines is 1. The summed E-state index contributed by atoms with van der Waals surface area (Å²) in [6.07, 6.45) is 2.13. The maximum Gasteiger partial charge on any atom is 0.356 e. The van der Waals surface area contributed by atoms with E-state index in [1.165, 1.54) is 0 Å². The number of imidazole rings is 1. The Kier molecular flexibility index (Phi) is 2.65. The zero-order valence-electron chi connectivity index (χ0n) is 10.2. The molecule has 100 valence electrons. The molecule has 3 heterocycles. The minimum Gasteiger partial charge on any atom is -0.476 e. The van der Waals surface area contributed by atoms with Crippen molar-refractivity contribution in [3.05, 3.63) is 17.7 Å². The summed E-state index contributed by atoms with van der Waals surface area (Å²) in [6, 6.07) is 0.0643. The molecule has 0 radical (unpaired) electrons. The molecule has 2 unspecified atom stereocenters. The Balaban J connectivity index is 1.94. The smallest absolute Gasteiger partial charge is 0.356 e. The molecule has 3 N–H and O–H groups in total. The summed E-state index contributed by atoms with van der Waals surface area (Å²) >= 11 is 0. The molecule has 0 saturated carbocycles. The molecule has 0 aromatic carbocycles. The lowest BCUT2D eigenvalue weighted by molar-refractivity contribution is 0.0691. The Bertz CT molecular complexity index is 591. The lowest BCUT2D eigenvalue weighted by atomic mass is 9.97. The van der Waals surface area contributed by atoms with Gasteiger partial charge in [0.1, 0.15) is 0 Å². The summed E-state index contributed by atoms with van der Waals surface area (Å²) in [4.78, 5) is 15.0. The van der Waals surface area contributed by atoms with E-state index in [9.17, 15) is 4.79 Å². The number of fused-ring (bicyclic) bond motifs is 1. The van der Waals surface area contributed by atoms with Crippen LogP contribution in [0.4, 0.5) is 5.95 Å². The Morgan fingerprint density at radius 2 is 2.47 bits per heavy atom. The predicted molar refractivity (Wildman–Crippen MR) is 63.8 cm³/mol. The van der Waals surface area contributed by atoms with E-state index in [2.05, 4.69) is 37.8 Å². The monoisotopic (exact) mass is 263 g/mol. The van der Waals surface area contributed by atoms with E-state index < -0.39 is 5.97 Å². The van der Waals surface area contributed by atoms with Gasteiger partial charge in [0.05, 0.1) is 0 Å². The zero-order valence-corrected chi connectivity index (χ0v) is 10.2. The molecule has 0 bridgehead atoms. The third kappa shape index (κ3) is 2.02. The first-order chi connectivity index (χ1) is 9.15. The number of H-pyrrole nitrogens is 1. The van der Waals surface area contributed by atoms with Crippen LogP contribution in [0.5, 0.6) is 0 Å². The third-order valence-corrected chi connectivity index (χ3v) is 3.33. The highest BCUT2D eigenvalue weighted by Crippen LogP contribution is 2.30.